The molecule has 0 saturated carbocycles. The molecule has 0 unspecified atom stereocenters. The van der Waals surface area contributed by atoms with Crippen molar-refractivity contribution in [2.45, 2.75) is 20.0 Å². The van der Waals surface area contributed by atoms with Gasteiger partial charge in [0.1, 0.15) is 11.5 Å². The minimum absolute atomic E-state index is 0.522. The summed E-state index contributed by atoms with van der Waals surface area (Å²) < 4.78 is 12.4. The molecule has 0 aliphatic carbocycles. The normalized spacial score (nSPS) is 10.4. The molecule has 0 amide bonds. The van der Waals surface area contributed by atoms with Gasteiger partial charge < -0.3 is 14.8 Å². The molecule has 2 aromatic rings. The third kappa shape index (κ3) is 3.17. The largest absolute Gasteiger partial charge is 0.495 e. The molecular formula is C14H18ClN3O2. The van der Waals surface area contributed by atoms with E-state index in [9.17, 15) is 0 Å². The van der Waals surface area contributed by atoms with Crippen molar-refractivity contribution in [1.82, 2.24) is 9.78 Å². The van der Waals surface area contributed by atoms with Crippen LogP contribution >= 0.6 is 11.6 Å². The molecule has 0 radical (unpaired) electrons. The summed E-state index contributed by atoms with van der Waals surface area (Å²) in [5.74, 6) is 1.29. The van der Waals surface area contributed by atoms with Crippen LogP contribution in [-0.2, 0) is 13.1 Å². The molecule has 0 aliphatic heterocycles. The van der Waals surface area contributed by atoms with Gasteiger partial charge in [0.05, 0.1) is 31.1 Å². The average Bonchev–Trinajstić information content (AvgIpc) is 2.93. The summed E-state index contributed by atoms with van der Waals surface area (Å²) in [5, 5.41) is 8.06. The lowest BCUT2D eigenvalue weighted by Gasteiger charge is -2.13. The second kappa shape index (κ2) is 6.52. The van der Waals surface area contributed by atoms with E-state index in [1.54, 1.807) is 20.3 Å². The van der Waals surface area contributed by atoms with Crippen LogP contribution in [0.4, 0.5) is 5.69 Å². The summed E-state index contributed by atoms with van der Waals surface area (Å²) in [6, 6.07) is 3.56. The summed E-state index contributed by atoms with van der Waals surface area (Å²) in [6.45, 7) is 3.57. The second-order valence-corrected chi connectivity index (χ2v) is 4.65. The van der Waals surface area contributed by atoms with Crippen LogP contribution in [0.1, 0.15) is 12.5 Å². The molecule has 108 valence electrons. The number of halogens is 1. The van der Waals surface area contributed by atoms with E-state index in [1.165, 1.54) is 0 Å². The standard InChI is InChI=1S/C14H18ClN3O2/c1-4-18-9-10(8-17-18)7-16-12-6-13(19-2)11(15)5-14(12)20-3/h5-6,8-9,16H,4,7H2,1-3H3. The van der Waals surface area contributed by atoms with Gasteiger partial charge in [-0.1, -0.05) is 11.6 Å². The van der Waals surface area contributed by atoms with Gasteiger partial charge in [-0.25, -0.2) is 0 Å². The van der Waals surface area contributed by atoms with E-state index in [1.807, 2.05) is 23.1 Å². The van der Waals surface area contributed by atoms with E-state index in [0.717, 1.165) is 17.8 Å². The predicted molar refractivity (Wildman–Crippen MR) is 79.8 cm³/mol. The van der Waals surface area contributed by atoms with Gasteiger partial charge in [0, 0.05) is 37.0 Å². The van der Waals surface area contributed by atoms with E-state index in [2.05, 4.69) is 17.3 Å². The first kappa shape index (κ1) is 14.5. The fraction of sp³-hybridized carbons (Fsp3) is 0.357. The SMILES string of the molecule is CCn1cc(CNc2cc(OC)c(Cl)cc2OC)cn1. The molecule has 5 nitrogen and oxygen atoms in total. The summed E-state index contributed by atoms with van der Waals surface area (Å²) in [6.07, 6.45) is 3.85. The first-order valence-electron chi connectivity index (χ1n) is 6.34. The van der Waals surface area contributed by atoms with Crippen LogP contribution in [0.5, 0.6) is 11.5 Å². The molecule has 6 heteroatoms. The van der Waals surface area contributed by atoms with Crippen molar-refractivity contribution in [1.29, 1.82) is 0 Å². The molecule has 0 bridgehead atoms. The van der Waals surface area contributed by atoms with Gasteiger partial charge >= 0.3 is 0 Å². The molecular weight excluding hydrogens is 278 g/mol. The van der Waals surface area contributed by atoms with Gasteiger partial charge in [0.25, 0.3) is 0 Å². The second-order valence-electron chi connectivity index (χ2n) is 4.24. The van der Waals surface area contributed by atoms with Gasteiger partial charge in [-0.2, -0.15) is 5.10 Å². The van der Waals surface area contributed by atoms with Crippen molar-refractivity contribution in [3.8, 4) is 11.5 Å². The Hall–Kier alpha value is -1.88. The Labute approximate surface area is 123 Å². The highest BCUT2D eigenvalue weighted by Crippen LogP contribution is 2.35. The van der Waals surface area contributed by atoms with Crippen LogP contribution in [0.2, 0.25) is 5.02 Å². The molecule has 1 heterocycles. The molecule has 1 N–H and O–H groups in total. The third-order valence-corrected chi connectivity index (χ3v) is 3.26. The fourth-order valence-corrected chi connectivity index (χ4v) is 2.10. The van der Waals surface area contributed by atoms with Crippen LogP contribution < -0.4 is 14.8 Å². The number of ether oxygens (including phenoxy) is 2. The zero-order valence-corrected chi connectivity index (χ0v) is 12.6. The van der Waals surface area contributed by atoms with Gasteiger partial charge in [0.2, 0.25) is 0 Å². The van der Waals surface area contributed by atoms with Gasteiger partial charge in [-0.15, -0.1) is 0 Å². The third-order valence-electron chi connectivity index (χ3n) is 2.97. The molecule has 1 aromatic heterocycles. The quantitative estimate of drug-likeness (QED) is 0.889. The number of anilines is 1. The van der Waals surface area contributed by atoms with Crippen molar-refractivity contribution in [2.75, 3.05) is 19.5 Å². The Balaban J connectivity index is 2.15. The highest BCUT2D eigenvalue weighted by Gasteiger charge is 2.10. The zero-order chi connectivity index (χ0) is 14.5. The number of nitrogens with zero attached hydrogens (tertiary/aromatic N) is 2. The first-order chi connectivity index (χ1) is 9.67. The summed E-state index contributed by atoms with van der Waals surface area (Å²) in [5.41, 5.74) is 1.93. The topological polar surface area (TPSA) is 48.3 Å². The molecule has 20 heavy (non-hydrogen) atoms. The number of aryl methyl sites for hydroxylation is 1. The predicted octanol–water partition coefficient (Wildman–Crippen LogP) is 3.19. The Morgan fingerprint density at radius 3 is 2.60 bits per heavy atom. The Bertz CT molecular complexity index is 584. The van der Waals surface area contributed by atoms with Crippen molar-refractivity contribution < 1.29 is 9.47 Å². The van der Waals surface area contributed by atoms with Crippen molar-refractivity contribution in [3.63, 3.8) is 0 Å². The fourth-order valence-electron chi connectivity index (χ4n) is 1.87. The maximum atomic E-state index is 6.07. The lowest BCUT2D eigenvalue weighted by Crippen LogP contribution is -2.01. The number of nitrogens with one attached hydrogen (secondary N) is 1. The summed E-state index contributed by atoms with van der Waals surface area (Å²) in [4.78, 5) is 0. The van der Waals surface area contributed by atoms with E-state index in [0.29, 0.717) is 23.1 Å². The van der Waals surface area contributed by atoms with Crippen LogP contribution in [0, 0.1) is 0 Å². The van der Waals surface area contributed by atoms with Crippen LogP contribution in [0.25, 0.3) is 0 Å². The maximum absolute atomic E-state index is 6.07. The first-order valence-corrected chi connectivity index (χ1v) is 6.72. The monoisotopic (exact) mass is 295 g/mol. The molecule has 0 aliphatic rings. The van der Waals surface area contributed by atoms with E-state index in [-0.39, 0.29) is 0 Å². The van der Waals surface area contributed by atoms with E-state index < -0.39 is 0 Å². The van der Waals surface area contributed by atoms with Gasteiger partial charge in [0.15, 0.2) is 0 Å². The summed E-state index contributed by atoms with van der Waals surface area (Å²) >= 11 is 6.07. The Morgan fingerprint density at radius 2 is 2.00 bits per heavy atom. The lowest BCUT2D eigenvalue weighted by molar-refractivity contribution is 0.404. The zero-order valence-electron chi connectivity index (χ0n) is 11.8. The molecule has 1 aromatic carbocycles. The van der Waals surface area contributed by atoms with Crippen molar-refractivity contribution in [2.24, 2.45) is 0 Å². The number of hydrogen-bond donors (Lipinski definition) is 1. The highest BCUT2D eigenvalue weighted by molar-refractivity contribution is 6.32. The van der Waals surface area contributed by atoms with Gasteiger partial charge in [-0.05, 0) is 6.92 Å². The van der Waals surface area contributed by atoms with Gasteiger partial charge in [-0.3, -0.25) is 4.68 Å². The summed E-state index contributed by atoms with van der Waals surface area (Å²) in [7, 11) is 3.20. The van der Waals surface area contributed by atoms with Crippen molar-refractivity contribution >= 4 is 17.3 Å². The van der Waals surface area contributed by atoms with E-state index in [4.69, 9.17) is 21.1 Å². The van der Waals surface area contributed by atoms with Crippen LogP contribution in [0.3, 0.4) is 0 Å². The molecule has 0 saturated heterocycles. The smallest absolute Gasteiger partial charge is 0.143 e. The molecule has 2 rings (SSSR count). The average molecular weight is 296 g/mol. The molecule has 0 fully saturated rings. The minimum Gasteiger partial charge on any atom is -0.495 e. The maximum Gasteiger partial charge on any atom is 0.143 e. The highest BCUT2D eigenvalue weighted by atomic mass is 35.5. The Morgan fingerprint density at radius 1 is 1.25 bits per heavy atom. The molecule has 0 atom stereocenters. The molecule has 0 spiro atoms. The van der Waals surface area contributed by atoms with E-state index >= 15 is 0 Å². The number of hydrogen-bond acceptors (Lipinski definition) is 4. The minimum atomic E-state index is 0.522. The Kier molecular flexibility index (Phi) is 4.74. The number of rotatable bonds is 6. The number of benzene rings is 1. The number of methoxy groups -OCH3 is 2. The lowest BCUT2D eigenvalue weighted by atomic mass is 10.2. The van der Waals surface area contributed by atoms with Crippen molar-refractivity contribution in [3.05, 3.63) is 35.1 Å². The van der Waals surface area contributed by atoms with Crippen LogP contribution in [-0.4, -0.2) is 24.0 Å². The number of aromatic nitrogens is 2. The van der Waals surface area contributed by atoms with Crippen LogP contribution in [0.15, 0.2) is 24.5 Å².